The number of nitrogens with two attached hydrogens (primary N) is 1. The summed E-state index contributed by atoms with van der Waals surface area (Å²) in [5.74, 6) is 2.74. The lowest BCUT2D eigenvalue weighted by Gasteiger charge is -2.55. The van der Waals surface area contributed by atoms with Gasteiger partial charge in [-0.05, 0) is 101 Å². The van der Waals surface area contributed by atoms with E-state index in [2.05, 4.69) is 38.2 Å². The molecule has 6 rings (SSSR count). The van der Waals surface area contributed by atoms with E-state index in [-0.39, 0.29) is 11.0 Å². The lowest BCUT2D eigenvalue weighted by atomic mass is 9.48. The van der Waals surface area contributed by atoms with Gasteiger partial charge in [0.05, 0.1) is 0 Å². The number of carbonyl (C=O) groups is 1. The normalized spacial score (nSPS) is 37.1. The van der Waals surface area contributed by atoms with Crippen LogP contribution in [0.4, 0.5) is 5.69 Å². The fourth-order valence-electron chi connectivity index (χ4n) is 6.94. The highest BCUT2D eigenvalue weighted by Crippen LogP contribution is 2.60. The van der Waals surface area contributed by atoms with Crippen LogP contribution in [0.2, 0.25) is 0 Å². The number of aryl methyl sites for hydroxylation is 1. The smallest absolute Gasteiger partial charge is 0.163 e. The van der Waals surface area contributed by atoms with Crippen molar-refractivity contribution in [3.8, 4) is 0 Å². The first kappa shape index (κ1) is 17.3. The Morgan fingerprint density at radius 3 is 2.30 bits per heavy atom. The van der Waals surface area contributed by atoms with Gasteiger partial charge in [0, 0.05) is 34.0 Å². The van der Waals surface area contributed by atoms with Gasteiger partial charge in [-0.15, -0.1) is 0 Å². The Morgan fingerprint density at radius 1 is 1.11 bits per heavy atom. The highest BCUT2D eigenvalue weighted by molar-refractivity contribution is 6.01. The van der Waals surface area contributed by atoms with Crippen molar-refractivity contribution in [2.75, 3.05) is 5.73 Å². The van der Waals surface area contributed by atoms with E-state index >= 15 is 0 Å². The van der Waals surface area contributed by atoms with Crippen molar-refractivity contribution in [3.05, 3.63) is 34.9 Å². The van der Waals surface area contributed by atoms with Crippen molar-refractivity contribution in [1.29, 1.82) is 0 Å². The molecule has 0 unspecified atom stereocenters. The van der Waals surface area contributed by atoms with E-state index in [0.717, 1.165) is 65.9 Å². The third-order valence-electron chi connectivity index (χ3n) is 7.72. The van der Waals surface area contributed by atoms with Crippen molar-refractivity contribution in [1.82, 2.24) is 5.32 Å². The van der Waals surface area contributed by atoms with Crippen LogP contribution >= 0.6 is 0 Å². The molecule has 0 aromatic heterocycles. The van der Waals surface area contributed by atoms with Crippen LogP contribution < -0.4 is 11.1 Å². The molecule has 3 nitrogen and oxygen atoms in total. The van der Waals surface area contributed by atoms with Gasteiger partial charge >= 0.3 is 0 Å². The number of hydrogen-bond acceptors (Lipinski definition) is 3. The predicted octanol–water partition coefficient (Wildman–Crippen LogP) is 4.63. The molecular formula is C24H32N2O. The Balaban J connectivity index is 1.53. The zero-order chi connectivity index (χ0) is 19.0. The van der Waals surface area contributed by atoms with Gasteiger partial charge in [0.2, 0.25) is 0 Å². The Kier molecular flexibility index (Phi) is 3.61. The lowest BCUT2D eigenvalue weighted by molar-refractivity contribution is -0.138. The van der Waals surface area contributed by atoms with Crippen molar-refractivity contribution >= 4 is 17.2 Å². The molecule has 4 bridgehead atoms. The molecule has 3 N–H and O–H groups in total. The average Bonchev–Trinajstić information content (AvgIpc) is 2.54. The van der Waals surface area contributed by atoms with Crippen LogP contribution in [-0.2, 0) is 11.2 Å². The molecule has 0 spiro atoms. The molecule has 1 aromatic rings. The second kappa shape index (κ2) is 5.62. The summed E-state index contributed by atoms with van der Waals surface area (Å²) in [5, 5.41) is 3.64. The maximum absolute atomic E-state index is 13.6. The van der Waals surface area contributed by atoms with Gasteiger partial charge in [-0.25, -0.2) is 0 Å². The second-order valence-corrected chi connectivity index (χ2v) is 10.7. The Morgan fingerprint density at radius 2 is 1.70 bits per heavy atom. The molecular weight excluding hydrogens is 332 g/mol. The topological polar surface area (TPSA) is 55.1 Å². The van der Waals surface area contributed by atoms with Gasteiger partial charge in [-0.2, -0.15) is 0 Å². The lowest BCUT2D eigenvalue weighted by Crippen LogP contribution is -2.50. The molecule has 3 heteroatoms. The van der Waals surface area contributed by atoms with Crippen LogP contribution in [0.1, 0.15) is 69.1 Å². The number of benzene rings is 1. The highest BCUT2D eigenvalue weighted by atomic mass is 16.1. The fourth-order valence-corrected chi connectivity index (χ4v) is 6.94. The number of nitrogen functional groups attached to an aromatic ring is 1. The Labute approximate surface area is 162 Å². The van der Waals surface area contributed by atoms with E-state index in [9.17, 15) is 4.79 Å². The first-order valence-electron chi connectivity index (χ1n) is 10.7. The van der Waals surface area contributed by atoms with E-state index in [1.807, 2.05) is 6.08 Å². The summed E-state index contributed by atoms with van der Waals surface area (Å²) in [5.41, 5.74) is 11.4. The SMILES string of the molecule is Cc1cc2c(cc1N)/C(=C/C(=O)C13CC4CC(CC(C4)C1)C3)NC(C)(C)C2. The predicted molar refractivity (Wildman–Crippen MR) is 110 cm³/mol. The summed E-state index contributed by atoms with van der Waals surface area (Å²) in [4.78, 5) is 13.6. The maximum Gasteiger partial charge on any atom is 0.163 e. The minimum absolute atomic E-state index is 0.0524. The Hall–Kier alpha value is -1.77. The zero-order valence-corrected chi connectivity index (χ0v) is 16.9. The fraction of sp³-hybridized carbons (Fsp3) is 0.625. The first-order chi connectivity index (χ1) is 12.7. The molecule has 5 aliphatic rings. The summed E-state index contributed by atoms with van der Waals surface area (Å²) in [6.45, 7) is 6.49. The molecule has 0 radical (unpaired) electrons. The van der Waals surface area contributed by atoms with E-state index in [1.54, 1.807) is 0 Å². The van der Waals surface area contributed by atoms with E-state index < -0.39 is 0 Å². The van der Waals surface area contributed by atoms with Gasteiger partial charge in [0.1, 0.15) is 0 Å². The van der Waals surface area contributed by atoms with E-state index in [4.69, 9.17) is 5.73 Å². The highest BCUT2D eigenvalue weighted by Gasteiger charge is 2.54. The van der Waals surface area contributed by atoms with Crippen LogP contribution in [0, 0.1) is 30.1 Å². The second-order valence-electron chi connectivity index (χ2n) is 10.7. The largest absolute Gasteiger partial charge is 0.398 e. The van der Waals surface area contributed by atoms with Gasteiger partial charge < -0.3 is 11.1 Å². The molecule has 27 heavy (non-hydrogen) atoms. The summed E-state index contributed by atoms with van der Waals surface area (Å²) < 4.78 is 0. The monoisotopic (exact) mass is 364 g/mol. The molecule has 1 aliphatic heterocycles. The molecule has 4 aliphatic carbocycles. The van der Waals surface area contributed by atoms with Crippen LogP contribution in [0.3, 0.4) is 0 Å². The summed E-state index contributed by atoms with van der Waals surface area (Å²) in [6, 6.07) is 4.27. The van der Waals surface area contributed by atoms with Gasteiger partial charge in [0.15, 0.2) is 5.78 Å². The quantitative estimate of drug-likeness (QED) is 0.594. The van der Waals surface area contributed by atoms with E-state index in [0.29, 0.717) is 5.78 Å². The number of nitrogens with one attached hydrogen (secondary N) is 1. The third-order valence-corrected chi connectivity index (χ3v) is 7.72. The van der Waals surface area contributed by atoms with Crippen molar-refractivity contribution in [2.45, 2.75) is 71.3 Å². The summed E-state index contributed by atoms with van der Waals surface area (Å²) >= 11 is 0. The molecule has 1 heterocycles. The molecule has 144 valence electrons. The van der Waals surface area contributed by atoms with Crippen LogP contribution in [0.5, 0.6) is 0 Å². The molecule has 0 atom stereocenters. The standard InChI is InChI=1S/C24H32N2O/c1-14-4-18-13-23(2,3)26-21(19(18)8-20(14)25)9-22(27)24-10-15-5-16(11-24)7-17(6-15)12-24/h4,8-9,15-17,26H,5-7,10-13,25H2,1-3H3/b21-9-. The number of hydrogen-bond donors (Lipinski definition) is 2. The molecule has 0 saturated heterocycles. The Bertz CT molecular complexity index is 813. The molecule has 4 saturated carbocycles. The number of anilines is 1. The first-order valence-corrected chi connectivity index (χ1v) is 10.7. The van der Waals surface area contributed by atoms with Crippen molar-refractivity contribution in [2.24, 2.45) is 23.2 Å². The summed E-state index contributed by atoms with van der Waals surface area (Å²) in [7, 11) is 0. The molecule has 4 fully saturated rings. The van der Waals surface area contributed by atoms with E-state index in [1.165, 1.54) is 24.8 Å². The minimum Gasteiger partial charge on any atom is -0.398 e. The maximum atomic E-state index is 13.6. The average molecular weight is 365 g/mol. The number of fused-ring (bicyclic) bond motifs is 1. The van der Waals surface area contributed by atoms with Crippen molar-refractivity contribution in [3.63, 3.8) is 0 Å². The number of rotatable bonds is 2. The van der Waals surface area contributed by atoms with Gasteiger partial charge in [-0.3, -0.25) is 4.79 Å². The number of carbonyl (C=O) groups excluding carboxylic acids is 1. The zero-order valence-electron chi connectivity index (χ0n) is 16.9. The minimum atomic E-state index is -0.0819. The number of ketones is 1. The van der Waals surface area contributed by atoms with Crippen LogP contribution in [-0.4, -0.2) is 11.3 Å². The van der Waals surface area contributed by atoms with Crippen molar-refractivity contribution < 1.29 is 4.79 Å². The van der Waals surface area contributed by atoms with Crippen LogP contribution in [0.15, 0.2) is 18.2 Å². The summed E-state index contributed by atoms with van der Waals surface area (Å²) in [6.07, 6.45) is 10.4. The third kappa shape index (κ3) is 2.81. The van der Waals surface area contributed by atoms with Gasteiger partial charge in [-0.1, -0.05) is 6.07 Å². The molecule has 1 aromatic carbocycles. The molecule has 0 amide bonds. The number of allylic oxidation sites excluding steroid dienone is 1. The van der Waals surface area contributed by atoms with Gasteiger partial charge in [0.25, 0.3) is 0 Å². The van der Waals surface area contributed by atoms with Crippen LogP contribution in [0.25, 0.3) is 5.70 Å².